The zero-order valence-electron chi connectivity index (χ0n) is 77.7. The number of anilines is 6. The lowest BCUT2D eigenvalue weighted by molar-refractivity contribution is 1.15. The summed E-state index contributed by atoms with van der Waals surface area (Å²) in [6, 6.07) is 78.3. The molecule has 21 aromatic rings. The fourth-order valence-electron chi connectivity index (χ4n) is 17.4. The van der Waals surface area contributed by atoms with Gasteiger partial charge >= 0.3 is 0 Å². The van der Waals surface area contributed by atoms with Gasteiger partial charge in [-0.15, -0.1) is 0 Å². The first-order valence-electron chi connectivity index (χ1n) is 46.0. The Morgan fingerprint density at radius 2 is 0.560 bits per heavy atom. The third-order valence-electron chi connectivity index (χ3n) is 21.9. The molecule has 0 atom stereocenters. The number of nitrogens with zero attached hydrogens (tertiary/aromatic N) is 6. The zero-order valence-corrected chi connectivity index (χ0v) is 57.7. The molecule has 0 radical (unpaired) electrons. The van der Waals surface area contributed by atoms with Gasteiger partial charge in [0.25, 0.3) is 6.71 Å². The fraction of sp³-hybridized carbons (Fsp3) is 0. The van der Waals surface area contributed by atoms with Crippen LogP contribution >= 0.6 is 0 Å². The Balaban J connectivity index is 0.923. The zero-order chi connectivity index (χ0) is 88.8. The molecule has 506 valence electrons. The second-order valence-corrected chi connectivity index (χ2v) is 27.6. The maximum Gasteiger partial charge on any atom is 0.252 e. The van der Waals surface area contributed by atoms with Crippen molar-refractivity contribution in [3.05, 3.63) is 394 Å². The molecular weight excluding hydrogens is 1320 g/mol. The number of hydrogen-bond acceptors (Lipinski definition) is 2. The summed E-state index contributed by atoms with van der Waals surface area (Å²) < 4.78 is 200. The Kier molecular flexibility index (Phi) is 9.81. The van der Waals surface area contributed by atoms with Crippen molar-refractivity contribution in [1.82, 2.24) is 18.3 Å². The Labute approximate surface area is 658 Å². The molecule has 0 saturated heterocycles. The molecule has 6 nitrogen and oxygen atoms in total. The van der Waals surface area contributed by atoms with E-state index in [1.165, 1.54) is 9.13 Å². The molecule has 0 spiro atoms. The van der Waals surface area contributed by atoms with Gasteiger partial charge < -0.3 is 28.1 Å². The van der Waals surface area contributed by atoms with Crippen LogP contribution in [0.3, 0.4) is 0 Å². The highest BCUT2D eigenvalue weighted by atomic mass is 15.2. The van der Waals surface area contributed by atoms with Gasteiger partial charge in [-0.2, -0.15) is 0 Å². The monoisotopic (exact) mass is 1400 g/mol. The van der Waals surface area contributed by atoms with E-state index in [2.05, 4.69) is 44.7 Å². The molecule has 6 heterocycles. The minimum absolute atomic E-state index is 0.136. The quantitative estimate of drug-likeness (QED) is 0.128. The van der Waals surface area contributed by atoms with E-state index in [9.17, 15) is 24.7 Å². The Morgan fingerprint density at radius 3 is 1.04 bits per heavy atom. The Hall–Kier alpha value is -14.4. The molecule has 109 heavy (non-hydrogen) atoms. The molecule has 0 aliphatic carbocycles. The van der Waals surface area contributed by atoms with Crippen molar-refractivity contribution in [3.8, 4) is 67.3 Å². The van der Waals surface area contributed by atoms with Crippen molar-refractivity contribution >= 4 is 144 Å². The molecule has 7 heteroatoms. The normalized spacial score (nSPS) is 15.1. The summed E-state index contributed by atoms with van der Waals surface area (Å²) in [6.45, 7) is -0.940. The van der Waals surface area contributed by atoms with E-state index < -0.39 is 115 Å². The average Bonchev–Trinajstić information content (AvgIpc) is 1.62. The first kappa shape index (κ1) is 44.4. The van der Waals surface area contributed by atoms with E-state index in [-0.39, 0.29) is 78.0 Å². The summed E-state index contributed by atoms with van der Waals surface area (Å²) in [5.41, 5.74) is 14.4. The van der Waals surface area contributed by atoms with Crippen LogP contribution in [0, 0.1) is 0 Å². The maximum atomic E-state index is 10.2. The van der Waals surface area contributed by atoms with Gasteiger partial charge in [-0.3, -0.25) is 0 Å². The Morgan fingerprint density at radius 1 is 0.211 bits per heavy atom. The molecule has 2 aliphatic heterocycles. The second kappa shape index (κ2) is 24.1. The van der Waals surface area contributed by atoms with Gasteiger partial charge in [-0.05, 0) is 165 Å². The van der Waals surface area contributed by atoms with Gasteiger partial charge in [0.15, 0.2) is 0 Å². The van der Waals surface area contributed by atoms with E-state index >= 15 is 0 Å². The van der Waals surface area contributed by atoms with Crippen LogP contribution in [-0.2, 0) is 0 Å². The lowest BCUT2D eigenvalue weighted by Crippen LogP contribution is -2.61. The van der Waals surface area contributed by atoms with E-state index in [0.29, 0.717) is 67.1 Å². The van der Waals surface area contributed by atoms with Crippen LogP contribution in [-0.4, -0.2) is 25.0 Å². The summed E-state index contributed by atoms with van der Waals surface area (Å²) in [5, 5.41) is 2.16. The van der Waals surface area contributed by atoms with Crippen LogP contribution in [0.5, 0.6) is 0 Å². The highest BCUT2D eigenvalue weighted by molar-refractivity contribution is 7.00. The van der Waals surface area contributed by atoms with E-state index in [1.54, 1.807) is 6.07 Å². The number of fused-ring (bicyclic) bond motifs is 16. The number of hydrogen-bond donors (Lipinski definition) is 0. The second-order valence-electron chi connectivity index (χ2n) is 27.6. The predicted octanol–water partition coefficient (Wildman–Crippen LogP) is 24.8. The van der Waals surface area contributed by atoms with Gasteiger partial charge in [0.05, 0.1) is 82.9 Å². The van der Waals surface area contributed by atoms with Crippen molar-refractivity contribution < 1.29 is 27.4 Å². The van der Waals surface area contributed by atoms with Crippen LogP contribution in [0.2, 0.25) is 0 Å². The van der Waals surface area contributed by atoms with Gasteiger partial charge in [0, 0.05) is 99.7 Å². The fourth-order valence-corrected chi connectivity index (χ4v) is 17.4. The lowest BCUT2D eigenvalue weighted by Gasteiger charge is -2.45. The molecule has 4 aromatic heterocycles. The molecule has 23 rings (SSSR count). The molecular formula is C102H65BN6. The van der Waals surface area contributed by atoms with Crippen molar-refractivity contribution in [2.45, 2.75) is 0 Å². The number of aromatic nitrogens is 4. The summed E-state index contributed by atoms with van der Waals surface area (Å²) in [6.07, 6.45) is 0. The standard InChI is InChI=1S/C102H65BN6/c1-5-28-66(29-6-1)70-58-71(67-30-7-2-8-31-67)60-75(59-70)108-97-62-73(105-91-47-22-15-38-81(91)82-39-16-23-48-92(82)105)52-55-87(97)103-88-56-53-74(106-95-51-26-19-42-85(95)86-61-72(54-57-96(86)106)104-89-45-20-13-36-79(89)80-37-14-21-46-90(80)104)63-98(88)109(102-77(68-32-9-3-10-33-68)43-27-44-78(102)69-34-11-4-12-35-69)100-65-76(64-99(108)101(100)103)107-93-49-24-17-40-83(93)84-41-18-25-50-94(84)107/h1-65H/i15D,16D,17D,18D,19D,22D,23D,24D,25D,26D,38D,39D,40D,41D,42D,47D,48D,49D,50D,51D. The molecule has 2 aliphatic rings. The number of benzene rings is 17. The van der Waals surface area contributed by atoms with Gasteiger partial charge in [0.2, 0.25) is 0 Å². The van der Waals surface area contributed by atoms with Gasteiger partial charge in [0.1, 0.15) is 0 Å². The predicted molar refractivity (Wildman–Crippen MR) is 460 cm³/mol. The largest absolute Gasteiger partial charge is 0.311 e. The van der Waals surface area contributed by atoms with Crippen LogP contribution in [0.25, 0.3) is 154 Å². The maximum absolute atomic E-state index is 10.2. The highest BCUT2D eigenvalue weighted by Crippen LogP contribution is 2.53. The topological polar surface area (TPSA) is 26.2 Å². The number of para-hydroxylation sites is 8. The first-order chi connectivity index (χ1) is 62.4. The van der Waals surface area contributed by atoms with E-state index in [4.69, 9.17) is 2.74 Å². The summed E-state index contributed by atoms with van der Waals surface area (Å²) >= 11 is 0. The first-order valence-corrected chi connectivity index (χ1v) is 36.0. The van der Waals surface area contributed by atoms with Gasteiger partial charge in [-0.25, -0.2) is 0 Å². The van der Waals surface area contributed by atoms with Crippen LogP contribution in [0.4, 0.5) is 34.1 Å². The molecule has 0 fully saturated rings. The average molecular weight is 1410 g/mol. The van der Waals surface area contributed by atoms with Gasteiger partial charge in [-0.1, -0.05) is 279 Å². The van der Waals surface area contributed by atoms with Crippen LogP contribution in [0.15, 0.2) is 394 Å². The highest BCUT2D eigenvalue weighted by Gasteiger charge is 2.45. The SMILES string of the molecule is [2H]c1c([2H])c([2H])c2c(c1[2H])c1cc(-n3c4ccccc4c4ccccc43)ccc1n2-c1ccc2c(c1)N(c1c(-c3ccccc3)cccc1-c1ccccc1)c1cc(-n3c4c([2H])c([2H])c([2H])c([2H])c4c4c([2H])c([2H])c([2H])c([2H])c43)cc3c1B2c1ccc(-n2c4c([2H])c([2H])c([2H])c([2H])c4c4c([2H])c([2H])c([2H])c([2H])c42)cc1N3c1cc(-c2ccccc2)cc(-c2ccccc2)c1. The minimum Gasteiger partial charge on any atom is -0.311 e. The number of rotatable bonds is 10. The molecule has 0 unspecified atom stereocenters. The van der Waals surface area contributed by atoms with Crippen molar-refractivity contribution in [3.63, 3.8) is 0 Å². The molecule has 0 amide bonds. The minimum atomic E-state index is -0.940. The summed E-state index contributed by atoms with van der Waals surface area (Å²) in [5.74, 6) is 0. The van der Waals surface area contributed by atoms with Crippen molar-refractivity contribution in [2.75, 3.05) is 9.80 Å². The van der Waals surface area contributed by atoms with E-state index in [0.717, 1.165) is 72.0 Å². The summed E-state index contributed by atoms with van der Waals surface area (Å²) in [4.78, 5) is 4.24. The molecule has 17 aromatic carbocycles. The van der Waals surface area contributed by atoms with E-state index in [1.807, 2.05) is 241 Å². The lowest BCUT2D eigenvalue weighted by atomic mass is 9.33. The van der Waals surface area contributed by atoms with Crippen LogP contribution < -0.4 is 26.2 Å². The summed E-state index contributed by atoms with van der Waals surface area (Å²) in [7, 11) is 0. The molecule has 0 N–H and O–H groups in total. The third kappa shape index (κ3) is 9.24. The van der Waals surface area contributed by atoms with Crippen LogP contribution in [0.1, 0.15) is 27.4 Å². The van der Waals surface area contributed by atoms with Crippen molar-refractivity contribution in [1.29, 1.82) is 0 Å². The molecule has 0 bridgehead atoms. The smallest absolute Gasteiger partial charge is 0.252 e. The van der Waals surface area contributed by atoms with Crippen molar-refractivity contribution in [2.24, 2.45) is 0 Å². The molecule has 0 saturated carbocycles. The third-order valence-corrected chi connectivity index (χ3v) is 21.9. The Bertz CT molecular complexity index is 8270.